The molecule has 0 radical (unpaired) electrons. The molecule has 1 amide bonds. The minimum absolute atomic E-state index is 0.127. The lowest BCUT2D eigenvalue weighted by Crippen LogP contribution is -2.41. The van der Waals surface area contributed by atoms with Crippen LogP contribution in [-0.2, 0) is 21.2 Å². The monoisotopic (exact) mass is 480 g/mol. The number of amides is 1. The second-order valence-electron chi connectivity index (χ2n) is 7.93. The first-order valence-corrected chi connectivity index (χ1v) is 13.3. The van der Waals surface area contributed by atoms with Crippen LogP contribution in [0.5, 0.6) is 11.5 Å². The minimum atomic E-state index is -3.67. The first-order valence-electron chi connectivity index (χ1n) is 11.0. The predicted octanol–water partition coefficient (Wildman–Crippen LogP) is 3.08. The number of rotatable bonds is 8. The molecule has 2 aliphatic heterocycles. The van der Waals surface area contributed by atoms with E-state index in [1.165, 1.54) is 27.8 Å². The number of nitrogens with one attached hydrogen (secondary N) is 1. The Bertz CT molecular complexity index is 1050. The van der Waals surface area contributed by atoms with E-state index in [1.807, 2.05) is 0 Å². The van der Waals surface area contributed by atoms with Gasteiger partial charge in [-0.15, -0.1) is 10.2 Å². The van der Waals surface area contributed by atoms with Crippen molar-refractivity contribution in [1.82, 2.24) is 14.5 Å². The maximum Gasteiger partial charge on any atom is 0.243 e. The van der Waals surface area contributed by atoms with E-state index >= 15 is 0 Å². The fourth-order valence-corrected chi connectivity index (χ4v) is 6.10. The molecule has 32 heavy (non-hydrogen) atoms. The van der Waals surface area contributed by atoms with Gasteiger partial charge in [0.15, 0.2) is 11.5 Å². The minimum Gasteiger partial charge on any atom is -0.486 e. The number of piperidine rings is 1. The van der Waals surface area contributed by atoms with Crippen molar-refractivity contribution in [3.8, 4) is 11.5 Å². The SMILES string of the molecule is CCCCCc1nnc(NC(=O)C2CCN(S(=O)(=O)c3ccc4c(c3)OCCO4)CC2)s1. The van der Waals surface area contributed by atoms with E-state index in [4.69, 9.17) is 9.47 Å². The van der Waals surface area contributed by atoms with Gasteiger partial charge < -0.3 is 14.8 Å². The van der Waals surface area contributed by atoms with Crippen molar-refractivity contribution in [2.75, 3.05) is 31.6 Å². The average Bonchev–Trinajstić information content (AvgIpc) is 3.26. The van der Waals surface area contributed by atoms with E-state index < -0.39 is 10.0 Å². The highest BCUT2D eigenvalue weighted by Crippen LogP contribution is 2.34. The molecular weight excluding hydrogens is 452 g/mol. The number of ether oxygens (including phenoxy) is 2. The smallest absolute Gasteiger partial charge is 0.243 e. The van der Waals surface area contributed by atoms with Crippen LogP contribution in [0.25, 0.3) is 0 Å². The molecule has 0 bridgehead atoms. The number of benzene rings is 1. The molecule has 11 heteroatoms. The molecule has 0 atom stereocenters. The molecule has 9 nitrogen and oxygen atoms in total. The summed E-state index contributed by atoms with van der Waals surface area (Å²) in [6.45, 7) is 3.57. The predicted molar refractivity (Wildman–Crippen MR) is 121 cm³/mol. The molecule has 1 N–H and O–H groups in total. The molecule has 0 unspecified atom stereocenters. The number of fused-ring (bicyclic) bond motifs is 1. The molecule has 1 aromatic heterocycles. The lowest BCUT2D eigenvalue weighted by atomic mass is 9.97. The molecule has 3 heterocycles. The molecule has 2 aliphatic rings. The Morgan fingerprint density at radius 3 is 2.66 bits per heavy atom. The van der Waals surface area contributed by atoms with Crippen molar-refractivity contribution in [3.05, 3.63) is 23.2 Å². The van der Waals surface area contributed by atoms with Crippen LogP contribution >= 0.6 is 11.3 Å². The second kappa shape index (κ2) is 10.1. The molecular formula is C21H28N4O5S2. The van der Waals surface area contributed by atoms with Gasteiger partial charge in [0, 0.05) is 31.5 Å². The van der Waals surface area contributed by atoms with Gasteiger partial charge in [-0.25, -0.2) is 8.42 Å². The number of hydrogen-bond donors (Lipinski definition) is 1. The van der Waals surface area contributed by atoms with Crippen LogP contribution < -0.4 is 14.8 Å². The highest BCUT2D eigenvalue weighted by atomic mass is 32.2. The van der Waals surface area contributed by atoms with Crippen LogP contribution in [0.3, 0.4) is 0 Å². The summed E-state index contributed by atoms with van der Waals surface area (Å²) in [5.74, 6) is 0.611. The Hall–Kier alpha value is -2.24. The summed E-state index contributed by atoms with van der Waals surface area (Å²) in [6.07, 6.45) is 5.14. The van der Waals surface area contributed by atoms with Crippen LogP contribution in [0.1, 0.15) is 44.0 Å². The van der Waals surface area contributed by atoms with E-state index in [2.05, 4.69) is 22.4 Å². The molecule has 2 aromatic rings. The standard InChI is InChI=1S/C21H28N4O5S2/c1-2-3-4-5-19-23-24-21(31-19)22-20(26)15-8-10-25(11-9-15)32(27,28)16-6-7-17-18(14-16)30-13-12-29-17/h6-7,14-15H,2-5,8-13H2,1H3,(H,22,24,26). The summed E-state index contributed by atoms with van der Waals surface area (Å²) in [6, 6.07) is 4.67. The summed E-state index contributed by atoms with van der Waals surface area (Å²) < 4.78 is 38.5. The summed E-state index contributed by atoms with van der Waals surface area (Å²) in [5.41, 5.74) is 0. The largest absolute Gasteiger partial charge is 0.486 e. The molecule has 174 valence electrons. The van der Waals surface area contributed by atoms with Crippen LogP contribution in [0, 0.1) is 5.92 Å². The summed E-state index contributed by atoms with van der Waals surface area (Å²) in [4.78, 5) is 12.8. The lowest BCUT2D eigenvalue weighted by Gasteiger charge is -2.30. The Balaban J connectivity index is 1.32. The van der Waals surface area contributed by atoms with Crippen LogP contribution in [0.15, 0.2) is 23.1 Å². The maximum atomic E-state index is 13.1. The van der Waals surface area contributed by atoms with Gasteiger partial charge in [0.25, 0.3) is 0 Å². The maximum absolute atomic E-state index is 13.1. The summed E-state index contributed by atoms with van der Waals surface area (Å²) in [5, 5.41) is 12.5. The first-order chi connectivity index (χ1) is 15.5. The number of hydrogen-bond acceptors (Lipinski definition) is 8. The number of carbonyl (C=O) groups excluding carboxylic acids is 1. The average molecular weight is 481 g/mol. The van der Waals surface area contributed by atoms with Gasteiger partial charge in [0.1, 0.15) is 18.2 Å². The lowest BCUT2D eigenvalue weighted by molar-refractivity contribution is -0.120. The molecule has 0 saturated carbocycles. The number of sulfonamides is 1. The quantitative estimate of drug-likeness (QED) is 0.578. The van der Waals surface area contributed by atoms with Gasteiger partial charge in [-0.3, -0.25) is 4.79 Å². The number of aryl methyl sites for hydroxylation is 1. The van der Waals surface area contributed by atoms with Gasteiger partial charge in [-0.1, -0.05) is 31.1 Å². The van der Waals surface area contributed by atoms with Crippen molar-refractivity contribution in [2.24, 2.45) is 5.92 Å². The van der Waals surface area contributed by atoms with Gasteiger partial charge in [0.2, 0.25) is 21.1 Å². The van der Waals surface area contributed by atoms with Crippen molar-refractivity contribution in [2.45, 2.75) is 50.3 Å². The third-order valence-corrected chi connectivity index (χ3v) is 8.46. The third-order valence-electron chi connectivity index (χ3n) is 5.67. The summed E-state index contributed by atoms with van der Waals surface area (Å²) in [7, 11) is -3.67. The number of aromatic nitrogens is 2. The van der Waals surface area contributed by atoms with Gasteiger partial charge in [0.05, 0.1) is 4.90 Å². The Kier molecular flexibility index (Phi) is 7.27. The number of anilines is 1. The zero-order valence-corrected chi connectivity index (χ0v) is 19.7. The highest BCUT2D eigenvalue weighted by Gasteiger charge is 2.33. The van der Waals surface area contributed by atoms with E-state index in [0.717, 1.165) is 30.7 Å². The number of unbranched alkanes of at least 4 members (excludes halogenated alkanes) is 2. The van der Waals surface area contributed by atoms with Crippen molar-refractivity contribution in [3.63, 3.8) is 0 Å². The van der Waals surface area contributed by atoms with Gasteiger partial charge in [-0.2, -0.15) is 4.31 Å². The van der Waals surface area contributed by atoms with E-state index in [0.29, 0.717) is 42.7 Å². The topological polar surface area (TPSA) is 111 Å². The fraction of sp³-hybridized carbons (Fsp3) is 0.571. The third kappa shape index (κ3) is 5.21. The highest BCUT2D eigenvalue weighted by molar-refractivity contribution is 7.89. The van der Waals surface area contributed by atoms with Crippen LogP contribution in [0.4, 0.5) is 5.13 Å². The molecule has 0 aliphatic carbocycles. The molecule has 4 rings (SSSR count). The zero-order chi connectivity index (χ0) is 22.6. The molecule has 1 saturated heterocycles. The van der Waals surface area contributed by atoms with E-state index in [1.54, 1.807) is 6.07 Å². The van der Waals surface area contributed by atoms with Gasteiger partial charge >= 0.3 is 0 Å². The van der Waals surface area contributed by atoms with E-state index in [9.17, 15) is 13.2 Å². The van der Waals surface area contributed by atoms with Crippen molar-refractivity contribution < 1.29 is 22.7 Å². The van der Waals surface area contributed by atoms with Crippen LogP contribution in [-0.4, -0.2) is 55.1 Å². The number of nitrogens with zero attached hydrogens (tertiary/aromatic N) is 3. The second-order valence-corrected chi connectivity index (χ2v) is 10.9. The Morgan fingerprint density at radius 1 is 1.16 bits per heavy atom. The molecule has 1 aromatic carbocycles. The summed E-state index contributed by atoms with van der Waals surface area (Å²) >= 11 is 1.41. The fourth-order valence-electron chi connectivity index (χ4n) is 3.83. The molecule has 1 fully saturated rings. The normalized spacial score (nSPS) is 17.3. The van der Waals surface area contributed by atoms with Gasteiger partial charge in [-0.05, 0) is 31.4 Å². The van der Waals surface area contributed by atoms with Crippen molar-refractivity contribution in [1.29, 1.82) is 0 Å². The van der Waals surface area contributed by atoms with Crippen molar-refractivity contribution >= 4 is 32.4 Å². The van der Waals surface area contributed by atoms with E-state index in [-0.39, 0.29) is 29.8 Å². The Morgan fingerprint density at radius 2 is 1.91 bits per heavy atom. The molecule has 0 spiro atoms. The van der Waals surface area contributed by atoms with Crippen LogP contribution in [0.2, 0.25) is 0 Å². The number of carbonyl (C=O) groups is 1. The first kappa shape index (κ1) is 22.9. The Labute approximate surface area is 192 Å². The zero-order valence-electron chi connectivity index (χ0n) is 18.1.